The first-order chi connectivity index (χ1) is 21.3. The van der Waals surface area contributed by atoms with Gasteiger partial charge in [0.05, 0.1) is 30.8 Å². The van der Waals surface area contributed by atoms with Crippen molar-refractivity contribution < 1.29 is 29.0 Å². The summed E-state index contributed by atoms with van der Waals surface area (Å²) < 4.78 is 10.9. The fourth-order valence-corrected chi connectivity index (χ4v) is 4.75. The number of allylic oxidation sites excluding steroid dienone is 2. The zero-order chi connectivity index (χ0) is 33.4. The van der Waals surface area contributed by atoms with Crippen LogP contribution in [0.2, 0.25) is 5.02 Å². The molecule has 2 aromatic carbocycles. The molecular formula is C36H48ClN2O6-. The number of halogens is 1. The number of ether oxygens (including phenoxy) is 2. The van der Waals surface area contributed by atoms with Crippen molar-refractivity contribution in [1.29, 1.82) is 0 Å². The molecule has 2 amide bonds. The highest BCUT2D eigenvalue weighted by Gasteiger charge is 2.26. The molecule has 0 aliphatic rings. The number of nitrogens with one attached hydrogen (secondary N) is 2. The fraction of sp³-hybridized carbons (Fsp3) is 0.472. The van der Waals surface area contributed by atoms with E-state index in [1.807, 2.05) is 52.0 Å². The highest BCUT2D eigenvalue weighted by atomic mass is 35.5. The largest absolute Gasteiger partial charge is 0.547 e. The normalized spacial score (nSPS) is 14.0. The van der Waals surface area contributed by atoms with Gasteiger partial charge in [0.2, 0.25) is 11.8 Å². The quantitative estimate of drug-likeness (QED) is 0.199. The summed E-state index contributed by atoms with van der Waals surface area (Å²) in [5.74, 6) is -1.05. The predicted octanol–water partition coefficient (Wildman–Crippen LogP) is 5.39. The molecule has 0 fully saturated rings. The average Bonchev–Trinajstić information content (AvgIpc) is 2.99. The molecule has 0 aromatic heterocycles. The van der Waals surface area contributed by atoms with Gasteiger partial charge < -0.3 is 30.0 Å². The van der Waals surface area contributed by atoms with Gasteiger partial charge in [-0.1, -0.05) is 101 Å². The van der Waals surface area contributed by atoms with Crippen LogP contribution in [0.1, 0.15) is 65.0 Å². The molecule has 0 saturated carbocycles. The number of hydrogen-bond donors (Lipinski definition) is 2. The van der Waals surface area contributed by atoms with Crippen LogP contribution in [0.3, 0.4) is 0 Å². The maximum Gasteiger partial charge on any atom is 0.244 e. The molecule has 2 N–H and O–H groups in total. The van der Waals surface area contributed by atoms with E-state index in [2.05, 4.69) is 41.8 Å². The number of carbonyl (C=O) groups is 3. The van der Waals surface area contributed by atoms with E-state index in [1.165, 1.54) is 13.2 Å². The standard InChI is InChI=1S/C36H49ClN2O6/c1-25(2)20-32(35(42)43)45-24-36(4,5)23-38-34(41)30(22-28-18-19-31(44-6)29(37)21-28)39-33(40)15-11-10-12-26(3)16-17-27-13-8-7-9-14-27/h7-9,11,13-19,21,25-26,30,32H,10,12,20,22-24H2,1-6H3,(H,38,41)(H,39,40)(H,42,43)/p-1/b15-11+,17-16+/t26-,30?,32-/m0/s1. The van der Waals surface area contributed by atoms with Crippen molar-refractivity contribution in [2.24, 2.45) is 17.3 Å². The van der Waals surface area contributed by atoms with Crippen molar-refractivity contribution in [3.8, 4) is 5.75 Å². The number of benzene rings is 2. The Bertz CT molecular complexity index is 1290. The van der Waals surface area contributed by atoms with Crippen LogP contribution >= 0.6 is 11.6 Å². The van der Waals surface area contributed by atoms with Gasteiger partial charge in [0.15, 0.2) is 0 Å². The minimum Gasteiger partial charge on any atom is -0.547 e. The number of carboxylic acids is 1. The number of methoxy groups -OCH3 is 1. The highest BCUT2D eigenvalue weighted by molar-refractivity contribution is 6.32. The molecular weight excluding hydrogens is 592 g/mol. The van der Waals surface area contributed by atoms with Crippen molar-refractivity contribution in [2.45, 2.75) is 72.4 Å². The third-order valence-corrected chi connectivity index (χ3v) is 7.42. The maximum absolute atomic E-state index is 13.4. The van der Waals surface area contributed by atoms with Crippen LogP contribution in [0, 0.1) is 17.3 Å². The molecule has 0 bridgehead atoms. The smallest absolute Gasteiger partial charge is 0.244 e. The molecule has 246 valence electrons. The van der Waals surface area contributed by atoms with Crippen LogP contribution < -0.4 is 20.5 Å². The number of carboxylic acid groups (broad SMARTS) is 1. The van der Waals surface area contributed by atoms with E-state index in [1.54, 1.807) is 18.2 Å². The molecule has 1 unspecified atom stereocenters. The van der Waals surface area contributed by atoms with E-state index in [-0.39, 0.29) is 37.3 Å². The summed E-state index contributed by atoms with van der Waals surface area (Å²) in [5, 5.41) is 17.6. The van der Waals surface area contributed by atoms with Gasteiger partial charge in [-0.2, -0.15) is 0 Å². The number of aliphatic carboxylic acids is 1. The van der Waals surface area contributed by atoms with Crippen LogP contribution in [0.15, 0.2) is 66.8 Å². The molecule has 0 radical (unpaired) electrons. The summed E-state index contributed by atoms with van der Waals surface area (Å²) in [6.07, 6.45) is 8.60. The summed E-state index contributed by atoms with van der Waals surface area (Å²) in [5.41, 5.74) is 1.31. The molecule has 9 heteroatoms. The summed E-state index contributed by atoms with van der Waals surface area (Å²) in [4.78, 5) is 37.7. The van der Waals surface area contributed by atoms with Crippen molar-refractivity contribution >= 4 is 35.5 Å². The second kappa shape index (κ2) is 19.0. The molecule has 2 aromatic rings. The van der Waals surface area contributed by atoms with E-state index in [0.717, 1.165) is 17.5 Å². The molecule has 2 rings (SSSR count). The number of hydrogen-bond acceptors (Lipinski definition) is 6. The lowest BCUT2D eigenvalue weighted by Crippen LogP contribution is -2.50. The molecule has 0 saturated heterocycles. The summed E-state index contributed by atoms with van der Waals surface area (Å²) in [7, 11) is 1.52. The van der Waals surface area contributed by atoms with Crippen LogP contribution in [0.5, 0.6) is 5.75 Å². The van der Waals surface area contributed by atoms with Crippen molar-refractivity contribution in [3.05, 3.63) is 82.9 Å². The van der Waals surface area contributed by atoms with Gasteiger partial charge in [-0.15, -0.1) is 0 Å². The fourth-order valence-electron chi connectivity index (χ4n) is 4.47. The minimum absolute atomic E-state index is 0.103. The van der Waals surface area contributed by atoms with Gasteiger partial charge in [-0.3, -0.25) is 9.59 Å². The zero-order valence-electron chi connectivity index (χ0n) is 27.3. The summed E-state index contributed by atoms with van der Waals surface area (Å²) in [6.45, 7) is 9.99. The Hall–Kier alpha value is -3.62. The Morgan fingerprint density at radius 2 is 1.78 bits per heavy atom. The minimum atomic E-state index is -1.25. The molecule has 0 aliphatic carbocycles. The Morgan fingerprint density at radius 3 is 2.40 bits per heavy atom. The second-order valence-corrected chi connectivity index (χ2v) is 13.0. The summed E-state index contributed by atoms with van der Waals surface area (Å²) in [6, 6.07) is 14.4. The van der Waals surface area contributed by atoms with Gasteiger partial charge in [0.25, 0.3) is 0 Å². The number of amides is 2. The Kier molecular flexibility index (Phi) is 15.9. The van der Waals surface area contributed by atoms with Crippen LogP contribution in [0.25, 0.3) is 6.08 Å². The molecule has 0 spiro atoms. The topological polar surface area (TPSA) is 117 Å². The first kappa shape index (κ1) is 37.6. The maximum atomic E-state index is 13.4. The Labute approximate surface area is 273 Å². The third kappa shape index (κ3) is 14.8. The van der Waals surface area contributed by atoms with E-state index < -0.39 is 23.5 Å². The lowest BCUT2D eigenvalue weighted by molar-refractivity contribution is -0.318. The first-order valence-electron chi connectivity index (χ1n) is 15.4. The van der Waals surface area contributed by atoms with Crippen molar-refractivity contribution in [1.82, 2.24) is 10.6 Å². The first-order valence-corrected chi connectivity index (χ1v) is 15.8. The third-order valence-electron chi connectivity index (χ3n) is 7.13. The van der Waals surface area contributed by atoms with Gasteiger partial charge in [0.1, 0.15) is 11.8 Å². The van der Waals surface area contributed by atoms with Crippen LogP contribution in [-0.2, 0) is 25.5 Å². The summed E-state index contributed by atoms with van der Waals surface area (Å²) >= 11 is 6.31. The zero-order valence-corrected chi connectivity index (χ0v) is 28.1. The van der Waals surface area contributed by atoms with E-state index in [9.17, 15) is 19.5 Å². The Balaban J connectivity index is 2.02. The number of carbonyl (C=O) groups excluding carboxylic acids is 3. The lowest BCUT2D eigenvalue weighted by Gasteiger charge is -2.30. The van der Waals surface area contributed by atoms with E-state index in [4.69, 9.17) is 21.1 Å². The van der Waals surface area contributed by atoms with Gasteiger partial charge >= 0.3 is 0 Å². The number of rotatable bonds is 19. The van der Waals surface area contributed by atoms with Gasteiger partial charge in [-0.05, 0) is 60.4 Å². The lowest BCUT2D eigenvalue weighted by atomic mass is 9.94. The predicted molar refractivity (Wildman–Crippen MR) is 178 cm³/mol. The average molecular weight is 640 g/mol. The molecule has 3 atom stereocenters. The molecule has 0 heterocycles. The van der Waals surface area contributed by atoms with Gasteiger partial charge in [-0.25, -0.2) is 0 Å². The van der Waals surface area contributed by atoms with Gasteiger partial charge in [0, 0.05) is 18.4 Å². The Morgan fingerprint density at radius 1 is 1.07 bits per heavy atom. The second-order valence-electron chi connectivity index (χ2n) is 12.6. The monoisotopic (exact) mass is 639 g/mol. The molecule has 8 nitrogen and oxygen atoms in total. The molecule has 0 aliphatic heterocycles. The van der Waals surface area contributed by atoms with E-state index in [0.29, 0.717) is 29.5 Å². The van der Waals surface area contributed by atoms with Crippen LogP contribution in [-0.4, -0.2) is 50.2 Å². The highest BCUT2D eigenvalue weighted by Crippen LogP contribution is 2.25. The molecule has 45 heavy (non-hydrogen) atoms. The van der Waals surface area contributed by atoms with Crippen molar-refractivity contribution in [3.63, 3.8) is 0 Å². The van der Waals surface area contributed by atoms with Crippen LogP contribution in [0.4, 0.5) is 0 Å². The SMILES string of the molecule is COc1ccc(CC(NC(=O)/C=C/CC[C@H](C)/C=C/c2ccccc2)C(=O)NCC(C)(C)CO[C@@H](CC(C)C)C(=O)[O-])cc1Cl. The van der Waals surface area contributed by atoms with E-state index >= 15 is 0 Å². The van der Waals surface area contributed by atoms with Crippen molar-refractivity contribution in [2.75, 3.05) is 20.3 Å².